The number of hydrogen-bond acceptors (Lipinski definition) is 6. The van der Waals surface area contributed by atoms with E-state index >= 15 is 0 Å². The van der Waals surface area contributed by atoms with Crippen LogP contribution in [0.1, 0.15) is 26.2 Å². The van der Waals surface area contributed by atoms with Gasteiger partial charge in [-0.25, -0.2) is 0 Å². The molecule has 0 rings (SSSR count). The molecule has 0 radical (unpaired) electrons. The predicted molar refractivity (Wildman–Crippen MR) is 75.7 cm³/mol. The Morgan fingerprint density at radius 1 is 0.600 bits per heavy atom. The summed E-state index contributed by atoms with van der Waals surface area (Å²) in [6, 6.07) is 0. The second kappa shape index (κ2) is 13.7. The fourth-order valence-corrected chi connectivity index (χ4v) is 1.83. The van der Waals surface area contributed by atoms with Crippen molar-refractivity contribution in [1.82, 2.24) is 0 Å². The van der Waals surface area contributed by atoms with Gasteiger partial charge >= 0.3 is 0 Å². The van der Waals surface area contributed by atoms with Gasteiger partial charge in [-0.15, -0.1) is 0 Å². The number of rotatable bonds is 15. The molecular weight excluding hydrogens is 264 g/mol. The monoisotopic (exact) mass is 294 g/mol. The van der Waals surface area contributed by atoms with Crippen LogP contribution in [0, 0.1) is 5.41 Å². The van der Waals surface area contributed by atoms with Gasteiger partial charge in [0.2, 0.25) is 0 Å². The van der Waals surface area contributed by atoms with Crippen LogP contribution in [0.3, 0.4) is 0 Å². The summed E-state index contributed by atoms with van der Waals surface area (Å²) in [6.07, 6.45) is 2.58. The van der Waals surface area contributed by atoms with E-state index in [0.29, 0.717) is 39.6 Å². The Balaban J connectivity index is 3.98. The summed E-state index contributed by atoms with van der Waals surface area (Å²) < 4.78 is 16.0. The maximum Gasteiger partial charge on any atom is 0.0697 e. The van der Waals surface area contributed by atoms with Crippen molar-refractivity contribution in [3.8, 4) is 0 Å². The predicted octanol–water partition coefficient (Wildman–Crippen LogP) is 0.190. The van der Waals surface area contributed by atoms with E-state index in [-0.39, 0.29) is 25.2 Å². The van der Waals surface area contributed by atoms with Gasteiger partial charge in [-0.05, 0) is 24.7 Å². The van der Waals surface area contributed by atoms with Gasteiger partial charge in [-0.3, -0.25) is 0 Å². The van der Waals surface area contributed by atoms with Gasteiger partial charge in [-0.1, -0.05) is 6.92 Å². The molecule has 0 saturated carbocycles. The van der Waals surface area contributed by atoms with Crippen molar-refractivity contribution in [2.45, 2.75) is 26.2 Å². The molecule has 122 valence electrons. The van der Waals surface area contributed by atoms with Crippen LogP contribution in [0.2, 0.25) is 0 Å². The third-order valence-electron chi connectivity index (χ3n) is 3.26. The van der Waals surface area contributed by atoms with Crippen molar-refractivity contribution >= 4 is 0 Å². The first kappa shape index (κ1) is 19.8. The second-order valence-electron chi connectivity index (χ2n) is 5.07. The first-order valence-corrected chi connectivity index (χ1v) is 7.24. The van der Waals surface area contributed by atoms with Crippen molar-refractivity contribution in [2.75, 3.05) is 59.5 Å². The first-order chi connectivity index (χ1) is 9.68. The number of aliphatic hydroxyl groups is 3. The van der Waals surface area contributed by atoms with Crippen LogP contribution in [0.5, 0.6) is 0 Å². The van der Waals surface area contributed by atoms with Crippen LogP contribution in [0.25, 0.3) is 0 Å². The first-order valence-electron chi connectivity index (χ1n) is 7.24. The van der Waals surface area contributed by atoms with Crippen molar-refractivity contribution in [1.29, 1.82) is 0 Å². The molecule has 0 fully saturated rings. The van der Waals surface area contributed by atoms with Gasteiger partial charge in [0.15, 0.2) is 0 Å². The molecule has 0 spiro atoms. The Morgan fingerprint density at radius 2 is 0.900 bits per heavy atom. The molecule has 0 amide bonds. The summed E-state index contributed by atoms with van der Waals surface area (Å²) in [4.78, 5) is 0. The Morgan fingerprint density at radius 3 is 1.15 bits per heavy atom. The van der Waals surface area contributed by atoms with E-state index in [2.05, 4.69) is 6.92 Å². The van der Waals surface area contributed by atoms with E-state index in [1.54, 1.807) is 0 Å². The van der Waals surface area contributed by atoms with Crippen LogP contribution in [0.4, 0.5) is 0 Å². The topological polar surface area (TPSA) is 88.4 Å². The van der Waals surface area contributed by atoms with Crippen LogP contribution in [-0.4, -0.2) is 74.8 Å². The molecule has 0 aliphatic rings. The highest BCUT2D eigenvalue weighted by Crippen LogP contribution is 2.30. The number of aliphatic hydroxyl groups excluding tert-OH is 3. The van der Waals surface area contributed by atoms with E-state index < -0.39 is 0 Å². The Labute approximate surface area is 121 Å². The molecule has 0 aromatic heterocycles. The van der Waals surface area contributed by atoms with Crippen LogP contribution in [-0.2, 0) is 14.2 Å². The highest BCUT2D eigenvalue weighted by molar-refractivity contribution is 4.74. The molecule has 0 unspecified atom stereocenters. The lowest BCUT2D eigenvalue weighted by Gasteiger charge is -2.29. The average molecular weight is 294 g/mol. The summed E-state index contributed by atoms with van der Waals surface area (Å²) in [5.74, 6) is 0. The lowest BCUT2D eigenvalue weighted by molar-refractivity contribution is 0.0208. The van der Waals surface area contributed by atoms with E-state index in [1.165, 1.54) is 0 Å². The minimum atomic E-state index is 0.0281. The number of ether oxygens (including phenoxy) is 3. The van der Waals surface area contributed by atoms with Crippen molar-refractivity contribution in [3.05, 3.63) is 0 Å². The molecule has 0 aliphatic carbocycles. The van der Waals surface area contributed by atoms with Gasteiger partial charge in [-0.2, -0.15) is 0 Å². The maximum absolute atomic E-state index is 8.68. The molecule has 0 atom stereocenters. The SMILES string of the molecule is CC(CCOCCO)(CCOCCO)CCOCCO. The van der Waals surface area contributed by atoms with Crippen LogP contribution < -0.4 is 0 Å². The zero-order valence-electron chi connectivity index (χ0n) is 12.6. The van der Waals surface area contributed by atoms with Crippen LogP contribution in [0.15, 0.2) is 0 Å². The molecule has 6 heteroatoms. The summed E-state index contributed by atoms with van der Waals surface area (Å²) in [6.45, 7) is 5.13. The van der Waals surface area contributed by atoms with Crippen molar-refractivity contribution in [3.63, 3.8) is 0 Å². The fourth-order valence-electron chi connectivity index (χ4n) is 1.83. The normalized spacial score (nSPS) is 12.0. The molecule has 0 aromatic rings. The molecular formula is C14H30O6. The molecule has 0 aliphatic heterocycles. The van der Waals surface area contributed by atoms with Crippen molar-refractivity contribution < 1.29 is 29.5 Å². The lowest BCUT2D eigenvalue weighted by Crippen LogP contribution is -2.24. The molecule has 0 aromatic carbocycles. The zero-order chi connectivity index (χ0) is 15.1. The van der Waals surface area contributed by atoms with Crippen molar-refractivity contribution in [2.24, 2.45) is 5.41 Å². The molecule has 6 nitrogen and oxygen atoms in total. The summed E-state index contributed by atoms with van der Waals surface area (Å²) in [5.41, 5.74) is 0.0281. The summed E-state index contributed by atoms with van der Waals surface area (Å²) in [7, 11) is 0. The smallest absolute Gasteiger partial charge is 0.0697 e. The van der Waals surface area contributed by atoms with E-state index in [4.69, 9.17) is 29.5 Å². The van der Waals surface area contributed by atoms with Crippen LogP contribution >= 0.6 is 0 Å². The van der Waals surface area contributed by atoms with E-state index in [0.717, 1.165) is 19.3 Å². The fraction of sp³-hybridized carbons (Fsp3) is 1.00. The van der Waals surface area contributed by atoms with Gasteiger partial charge < -0.3 is 29.5 Å². The third-order valence-corrected chi connectivity index (χ3v) is 3.26. The minimum Gasteiger partial charge on any atom is -0.394 e. The van der Waals surface area contributed by atoms with E-state index in [1.807, 2.05) is 0 Å². The molecule has 0 saturated heterocycles. The molecule has 0 bridgehead atoms. The number of hydrogen-bond donors (Lipinski definition) is 3. The van der Waals surface area contributed by atoms with Gasteiger partial charge in [0, 0.05) is 19.8 Å². The standard InChI is InChI=1S/C14H30O6/c1-14(2-8-18-11-5-15,3-9-19-12-6-16)4-10-20-13-7-17/h15-17H,2-13H2,1H3. The van der Waals surface area contributed by atoms with Gasteiger partial charge in [0.25, 0.3) is 0 Å². The zero-order valence-corrected chi connectivity index (χ0v) is 12.6. The molecule has 3 N–H and O–H groups in total. The molecule has 0 heterocycles. The summed E-state index contributed by atoms with van der Waals surface area (Å²) >= 11 is 0. The summed E-state index contributed by atoms with van der Waals surface area (Å²) in [5, 5.41) is 26.1. The molecule has 20 heavy (non-hydrogen) atoms. The Kier molecular flexibility index (Phi) is 13.6. The van der Waals surface area contributed by atoms with Gasteiger partial charge in [0.1, 0.15) is 0 Å². The maximum atomic E-state index is 8.68. The lowest BCUT2D eigenvalue weighted by atomic mass is 9.81. The minimum absolute atomic E-state index is 0.0281. The Bertz CT molecular complexity index is 169. The largest absolute Gasteiger partial charge is 0.394 e. The highest BCUT2D eigenvalue weighted by atomic mass is 16.5. The second-order valence-corrected chi connectivity index (χ2v) is 5.07. The quantitative estimate of drug-likeness (QED) is 0.374. The van der Waals surface area contributed by atoms with E-state index in [9.17, 15) is 0 Å². The van der Waals surface area contributed by atoms with Gasteiger partial charge in [0.05, 0.1) is 39.6 Å². The highest BCUT2D eigenvalue weighted by Gasteiger charge is 2.23. The third kappa shape index (κ3) is 11.6. The average Bonchev–Trinajstić information content (AvgIpc) is 2.45. The Hall–Kier alpha value is -0.240.